The molecule has 7 nitrogen and oxygen atoms in total. The largest absolute Gasteiger partial charge is 0.496 e. The lowest BCUT2D eigenvalue weighted by Crippen LogP contribution is -2.35. The minimum absolute atomic E-state index is 0.112. The van der Waals surface area contributed by atoms with Crippen molar-refractivity contribution in [2.24, 2.45) is 0 Å². The summed E-state index contributed by atoms with van der Waals surface area (Å²) >= 11 is 5.96. The molecule has 1 aliphatic heterocycles. The Kier molecular flexibility index (Phi) is 6.15. The summed E-state index contributed by atoms with van der Waals surface area (Å²) in [5.41, 5.74) is 3.22. The van der Waals surface area contributed by atoms with Gasteiger partial charge in [-0.15, -0.1) is 0 Å². The van der Waals surface area contributed by atoms with Crippen LogP contribution in [0.4, 0.5) is 0 Å². The standard InChI is InChI=1S/C23H24ClN3O4/c1-29-19-11-21(31-3)20(30-2)10-15(19)12-27-9-8-18-17(13-27)23(28)26-22(25-18)14-4-6-16(24)7-5-14/h4-7,10-11H,8-9,12-13H2,1-3H3,(H,25,26,28). The number of halogens is 1. The maximum atomic E-state index is 12.8. The van der Waals surface area contributed by atoms with Gasteiger partial charge in [0.05, 0.1) is 32.6 Å². The minimum Gasteiger partial charge on any atom is -0.496 e. The average molecular weight is 442 g/mol. The van der Waals surface area contributed by atoms with Crippen LogP contribution in [0.3, 0.4) is 0 Å². The van der Waals surface area contributed by atoms with Crippen LogP contribution >= 0.6 is 11.6 Å². The van der Waals surface area contributed by atoms with Gasteiger partial charge >= 0.3 is 0 Å². The van der Waals surface area contributed by atoms with Gasteiger partial charge in [0.2, 0.25) is 0 Å². The van der Waals surface area contributed by atoms with Crippen molar-refractivity contribution in [1.29, 1.82) is 0 Å². The zero-order valence-corrected chi connectivity index (χ0v) is 18.5. The number of benzene rings is 2. The van der Waals surface area contributed by atoms with Crippen molar-refractivity contribution >= 4 is 11.6 Å². The third kappa shape index (κ3) is 4.38. The number of aromatic nitrogens is 2. The monoisotopic (exact) mass is 441 g/mol. The topological polar surface area (TPSA) is 76.7 Å². The summed E-state index contributed by atoms with van der Waals surface area (Å²) in [7, 11) is 4.83. The second-order valence-corrected chi connectivity index (χ2v) is 7.76. The molecule has 1 aliphatic rings. The highest BCUT2D eigenvalue weighted by Gasteiger charge is 2.23. The molecule has 1 N–H and O–H groups in total. The maximum Gasteiger partial charge on any atom is 0.255 e. The highest BCUT2D eigenvalue weighted by atomic mass is 35.5. The Labute approximate surface area is 185 Å². The molecule has 0 saturated heterocycles. The molecule has 4 rings (SSSR count). The van der Waals surface area contributed by atoms with Gasteiger partial charge in [-0.05, 0) is 30.3 Å². The predicted molar refractivity (Wildman–Crippen MR) is 119 cm³/mol. The molecule has 0 fully saturated rings. The number of methoxy groups -OCH3 is 3. The van der Waals surface area contributed by atoms with Gasteiger partial charge in [-0.2, -0.15) is 0 Å². The third-order valence-corrected chi connectivity index (χ3v) is 5.70. The highest BCUT2D eigenvalue weighted by Crippen LogP contribution is 2.35. The Hall–Kier alpha value is -3.03. The Balaban J connectivity index is 1.58. The second kappa shape index (κ2) is 8.99. The number of H-pyrrole nitrogens is 1. The molecular weight excluding hydrogens is 418 g/mol. The van der Waals surface area contributed by atoms with Crippen LogP contribution in [0.5, 0.6) is 17.2 Å². The van der Waals surface area contributed by atoms with Crippen LogP contribution < -0.4 is 19.8 Å². The third-order valence-electron chi connectivity index (χ3n) is 5.45. The Morgan fingerprint density at radius 2 is 1.71 bits per heavy atom. The molecule has 0 radical (unpaired) electrons. The lowest BCUT2D eigenvalue weighted by atomic mass is 10.0. The Morgan fingerprint density at radius 3 is 2.39 bits per heavy atom. The number of rotatable bonds is 6. The Morgan fingerprint density at radius 1 is 1.03 bits per heavy atom. The molecule has 0 amide bonds. The van der Waals surface area contributed by atoms with Crippen LogP contribution in [0.1, 0.15) is 16.8 Å². The molecule has 0 bridgehead atoms. The summed E-state index contributed by atoms with van der Waals surface area (Å²) in [6.45, 7) is 1.90. The van der Waals surface area contributed by atoms with E-state index in [9.17, 15) is 4.79 Å². The molecule has 0 spiro atoms. The first-order valence-electron chi connectivity index (χ1n) is 9.91. The fourth-order valence-corrected chi connectivity index (χ4v) is 3.94. The lowest BCUT2D eigenvalue weighted by Gasteiger charge is -2.28. The van der Waals surface area contributed by atoms with Crippen LogP contribution in [0.15, 0.2) is 41.2 Å². The van der Waals surface area contributed by atoms with Crippen LogP contribution in [0.2, 0.25) is 5.02 Å². The fourth-order valence-electron chi connectivity index (χ4n) is 3.82. The van der Waals surface area contributed by atoms with Crippen LogP contribution in [0, 0.1) is 0 Å². The molecule has 1 aromatic heterocycles. The number of nitrogens with one attached hydrogen (secondary N) is 1. The molecule has 0 atom stereocenters. The van der Waals surface area contributed by atoms with Crippen LogP contribution in [-0.4, -0.2) is 42.7 Å². The van der Waals surface area contributed by atoms with Gasteiger partial charge in [0.1, 0.15) is 11.6 Å². The summed E-state index contributed by atoms with van der Waals surface area (Å²) in [5.74, 6) is 2.54. The summed E-state index contributed by atoms with van der Waals surface area (Å²) in [6.07, 6.45) is 0.690. The number of hydrogen-bond acceptors (Lipinski definition) is 6. The van der Waals surface area contributed by atoms with Gasteiger partial charge in [0.25, 0.3) is 5.56 Å². The normalized spacial score (nSPS) is 13.5. The van der Waals surface area contributed by atoms with E-state index in [1.54, 1.807) is 33.5 Å². The lowest BCUT2D eigenvalue weighted by molar-refractivity contribution is 0.237. The second-order valence-electron chi connectivity index (χ2n) is 7.33. The van der Waals surface area contributed by atoms with E-state index in [1.807, 2.05) is 24.3 Å². The average Bonchev–Trinajstić information content (AvgIpc) is 2.79. The van der Waals surface area contributed by atoms with Gasteiger partial charge < -0.3 is 19.2 Å². The first-order chi connectivity index (χ1) is 15.0. The van der Waals surface area contributed by atoms with E-state index in [-0.39, 0.29) is 5.56 Å². The number of ether oxygens (including phenoxy) is 3. The minimum atomic E-state index is -0.112. The summed E-state index contributed by atoms with van der Waals surface area (Å²) in [6, 6.07) is 11.0. The van der Waals surface area contributed by atoms with Gasteiger partial charge in [0, 0.05) is 48.3 Å². The summed E-state index contributed by atoms with van der Waals surface area (Å²) in [5, 5.41) is 0.644. The van der Waals surface area contributed by atoms with Gasteiger partial charge in [-0.25, -0.2) is 4.98 Å². The zero-order valence-electron chi connectivity index (χ0n) is 17.7. The van der Waals surface area contributed by atoms with E-state index in [4.69, 9.17) is 30.8 Å². The van der Waals surface area contributed by atoms with Gasteiger partial charge in [-0.1, -0.05) is 11.6 Å². The van der Waals surface area contributed by atoms with Gasteiger partial charge in [-0.3, -0.25) is 9.69 Å². The van der Waals surface area contributed by atoms with E-state index in [2.05, 4.69) is 9.88 Å². The van der Waals surface area contributed by atoms with E-state index in [0.29, 0.717) is 53.2 Å². The molecule has 8 heteroatoms. The molecule has 162 valence electrons. The number of nitrogens with zero attached hydrogens (tertiary/aromatic N) is 2. The van der Waals surface area contributed by atoms with E-state index < -0.39 is 0 Å². The van der Waals surface area contributed by atoms with E-state index in [0.717, 1.165) is 23.4 Å². The first kappa shape index (κ1) is 21.2. The smallest absolute Gasteiger partial charge is 0.255 e. The number of fused-ring (bicyclic) bond motifs is 1. The first-order valence-corrected chi connectivity index (χ1v) is 10.3. The van der Waals surface area contributed by atoms with Crippen molar-refractivity contribution in [3.63, 3.8) is 0 Å². The molecule has 2 heterocycles. The maximum absolute atomic E-state index is 12.8. The molecule has 0 aliphatic carbocycles. The summed E-state index contributed by atoms with van der Waals surface area (Å²) < 4.78 is 16.3. The van der Waals surface area contributed by atoms with Gasteiger partial charge in [0.15, 0.2) is 11.5 Å². The van der Waals surface area contributed by atoms with E-state index in [1.165, 1.54) is 0 Å². The quantitative estimate of drug-likeness (QED) is 0.629. The molecule has 2 aromatic carbocycles. The molecule has 0 saturated carbocycles. The van der Waals surface area contributed by atoms with Crippen molar-refractivity contribution in [3.8, 4) is 28.6 Å². The number of aromatic amines is 1. The van der Waals surface area contributed by atoms with Crippen molar-refractivity contribution in [2.75, 3.05) is 27.9 Å². The van der Waals surface area contributed by atoms with Crippen molar-refractivity contribution in [2.45, 2.75) is 19.5 Å². The van der Waals surface area contributed by atoms with Crippen molar-refractivity contribution in [1.82, 2.24) is 14.9 Å². The molecule has 3 aromatic rings. The van der Waals surface area contributed by atoms with Crippen molar-refractivity contribution in [3.05, 3.63) is 68.6 Å². The predicted octanol–water partition coefficient (Wildman–Crippen LogP) is 3.67. The molecular formula is C23H24ClN3O4. The Bertz CT molecular complexity index is 1140. The molecule has 31 heavy (non-hydrogen) atoms. The number of hydrogen-bond donors (Lipinski definition) is 1. The molecule has 0 unspecified atom stereocenters. The SMILES string of the molecule is COc1cc(OC)c(OC)cc1CN1CCc2nc(-c3ccc(Cl)cc3)[nH]c(=O)c2C1. The summed E-state index contributed by atoms with van der Waals surface area (Å²) in [4.78, 5) is 22.6. The zero-order chi connectivity index (χ0) is 22.0. The van der Waals surface area contributed by atoms with Crippen LogP contribution in [0.25, 0.3) is 11.4 Å². The van der Waals surface area contributed by atoms with Crippen LogP contribution in [-0.2, 0) is 19.5 Å². The highest BCUT2D eigenvalue weighted by molar-refractivity contribution is 6.30. The fraction of sp³-hybridized carbons (Fsp3) is 0.304. The van der Waals surface area contributed by atoms with Crippen molar-refractivity contribution < 1.29 is 14.2 Å². The van der Waals surface area contributed by atoms with E-state index >= 15 is 0 Å².